The standard InChI is InChI=1S/C17H26N2O/c1-13(16-7-9-20-12-16)18-11-14-5-6-17-15(10-14)4-3-8-19(17)2/h5-6,10,13,16,18H,3-4,7-9,11-12H2,1-2H3. The van der Waals surface area contributed by atoms with E-state index in [1.165, 1.54) is 42.6 Å². The van der Waals surface area contributed by atoms with Crippen molar-refractivity contribution in [2.24, 2.45) is 5.92 Å². The molecule has 0 saturated carbocycles. The zero-order valence-corrected chi connectivity index (χ0v) is 12.7. The van der Waals surface area contributed by atoms with Crippen LogP contribution in [0.5, 0.6) is 0 Å². The van der Waals surface area contributed by atoms with E-state index in [-0.39, 0.29) is 0 Å². The Labute approximate surface area is 122 Å². The second kappa shape index (κ2) is 6.15. The Hall–Kier alpha value is -1.06. The van der Waals surface area contributed by atoms with Gasteiger partial charge in [-0.3, -0.25) is 0 Å². The predicted molar refractivity (Wildman–Crippen MR) is 83.3 cm³/mol. The molecular weight excluding hydrogens is 248 g/mol. The first-order valence-electron chi connectivity index (χ1n) is 7.88. The minimum absolute atomic E-state index is 0.538. The number of anilines is 1. The number of nitrogens with one attached hydrogen (secondary N) is 1. The normalized spacial score (nSPS) is 23.7. The van der Waals surface area contributed by atoms with Gasteiger partial charge in [-0.2, -0.15) is 0 Å². The van der Waals surface area contributed by atoms with Crippen LogP contribution in [0.15, 0.2) is 18.2 Å². The molecule has 2 aliphatic heterocycles. The van der Waals surface area contributed by atoms with Crippen LogP contribution in [0.3, 0.4) is 0 Å². The quantitative estimate of drug-likeness (QED) is 0.913. The average molecular weight is 274 g/mol. The van der Waals surface area contributed by atoms with Crippen LogP contribution in [-0.2, 0) is 17.7 Å². The molecule has 0 amide bonds. The van der Waals surface area contributed by atoms with Gasteiger partial charge >= 0.3 is 0 Å². The lowest BCUT2D eigenvalue weighted by molar-refractivity contribution is 0.178. The number of hydrogen-bond acceptors (Lipinski definition) is 3. The largest absolute Gasteiger partial charge is 0.381 e. The van der Waals surface area contributed by atoms with Gasteiger partial charge in [0.05, 0.1) is 6.61 Å². The molecule has 1 N–H and O–H groups in total. The van der Waals surface area contributed by atoms with Crippen molar-refractivity contribution in [3.63, 3.8) is 0 Å². The van der Waals surface area contributed by atoms with E-state index in [1.807, 2.05) is 0 Å². The summed E-state index contributed by atoms with van der Waals surface area (Å²) in [5.41, 5.74) is 4.33. The maximum absolute atomic E-state index is 5.47. The number of benzene rings is 1. The first-order chi connectivity index (χ1) is 9.74. The highest BCUT2D eigenvalue weighted by atomic mass is 16.5. The van der Waals surface area contributed by atoms with Crippen molar-refractivity contribution in [1.82, 2.24) is 5.32 Å². The van der Waals surface area contributed by atoms with Gasteiger partial charge in [-0.15, -0.1) is 0 Å². The summed E-state index contributed by atoms with van der Waals surface area (Å²) in [5, 5.41) is 3.67. The van der Waals surface area contributed by atoms with Crippen molar-refractivity contribution in [3.05, 3.63) is 29.3 Å². The first kappa shape index (κ1) is 13.9. The van der Waals surface area contributed by atoms with E-state index in [2.05, 4.69) is 42.4 Å². The van der Waals surface area contributed by atoms with Crippen LogP contribution in [0.4, 0.5) is 5.69 Å². The van der Waals surface area contributed by atoms with E-state index >= 15 is 0 Å². The lowest BCUT2D eigenvalue weighted by Crippen LogP contribution is -2.33. The van der Waals surface area contributed by atoms with Gasteiger partial charge in [0.2, 0.25) is 0 Å². The Morgan fingerprint density at radius 2 is 2.35 bits per heavy atom. The van der Waals surface area contributed by atoms with Gasteiger partial charge in [0.25, 0.3) is 0 Å². The molecule has 110 valence electrons. The zero-order valence-electron chi connectivity index (χ0n) is 12.7. The van der Waals surface area contributed by atoms with E-state index < -0.39 is 0 Å². The Kier molecular flexibility index (Phi) is 4.27. The molecule has 0 aliphatic carbocycles. The Morgan fingerprint density at radius 1 is 1.45 bits per heavy atom. The Morgan fingerprint density at radius 3 is 3.15 bits per heavy atom. The highest BCUT2D eigenvalue weighted by Crippen LogP contribution is 2.27. The maximum Gasteiger partial charge on any atom is 0.0509 e. The molecule has 1 aromatic carbocycles. The summed E-state index contributed by atoms with van der Waals surface area (Å²) < 4.78 is 5.47. The lowest BCUT2D eigenvalue weighted by atomic mass is 9.98. The smallest absolute Gasteiger partial charge is 0.0509 e. The summed E-state index contributed by atoms with van der Waals surface area (Å²) in [7, 11) is 2.19. The fourth-order valence-corrected chi connectivity index (χ4v) is 3.34. The fourth-order valence-electron chi connectivity index (χ4n) is 3.34. The van der Waals surface area contributed by atoms with E-state index in [1.54, 1.807) is 0 Å². The minimum Gasteiger partial charge on any atom is -0.381 e. The third-order valence-electron chi connectivity index (χ3n) is 4.79. The molecule has 2 unspecified atom stereocenters. The second-order valence-electron chi connectivity index (χ2n) is 6.28. The van der Waals surface area contributed by atoms with E-state index in [0.717, 1.165) is 19.8 Å². The summed E-state index contributed by atoms with van der Waals surface area (Å²) in [5.74, 6) is 0.679. The van der Waals surface area contributed by atoms with Crippen molar-refractivity contribution < 1.29 is 4.74 Å². The summed E-state index contributed by atoms with van der Waals surface area (Å²) in [6.07, 6.45) is 3.69. The SMILES string of the molecule is CC(NCc1ccc2c(c1)CCCN2C)C1CCOC1. The predicted octanol–water partition coefficient (Wildman–Crippen LogP) is 2.58. The third-order valence-corrected chi connectivity index (χ3v) is 4.79. The van der Waals surface area contributed by atoms with E-state index in [0.29, 0.717) is 12.0 Å². The van der Waals surface area contributed by atoms with Crippen LogP contribution < -0.4 is 10.2 Å². The Balaban J connectivity index is 1.60. The van der Waals surface area contributed by atoms with E-state index in [9.17, 15) is 0 Å². The number of ether oxygens (including phenoxy) is 1. The van der Waals surface area contributed by atoms with Crippen LogP contribution >= 0.6 is 0 Å². The van der Waals surface area contributed by atoms with E-state index in [4.69, 9.17) is 4.74 Å². The molecule has 2 atom stereocenters. The van der Waals surface area contributed by atoms with Crippen molar-refractivity contribution >= 4 is 5.69 Å². The number of aryl methyl sites for hydroxylation is 1. The van der Waals surface area contributed by atoms with Gasteiger partial charge in [-0.1, -0.05) is 12.1 Å². The zero-order chi connectivity index (χ0) is 13.9. The van der Waals surface area contributed by atoms with Crippen molar-refractivity contribution in [2.45, 2.75) is 38.8 Å². The molecule has 0 bridgehead atoms. The molecule has 1 saturated heterocycles. The summed E-state index contributed by atoms with van der Waals surface area (Å²) in [6.45, 7) is 6.29. The van der Waals surface area contributed by atoms with Crippen molar-refractivity contribution in [3.8, 4) is 0 Å². The topological polar surface area (TPSA) is 24.5 Å². The molecule has 3 nitrogen and oxygen atoms in total. The molecule has 2 heterocycles. The van der Waals surface area contributed by atoms with Crippen LogP contribution in [0.2, 0.25) is 0 Å². The molecule has 1 aromatic rings. The highest BCUT2D eigenvalue weighted by molar-refractivity contribution is 5.56. The van der Waals surface area contributed by atoms with Crippen LogP contribution in [0, 0.1) is 5.92 Å². The van der Waals surface area contributed by atoms with Gasteiger partial charge in [-0.05, 0) is 49.3 Å². The molecule has 0 radical (unpaired) electrons. The summed E-state index contributed by atoms with van der Waals surface area (Å²) >= 11 is 0. The summed E-state index contributed by atoms with van der Waals surface area (Å²) in [4.78, 5) is 2.37. The molecule has 1 fully saturated rings. The monoisotopic (exact) mass is 274 g/mol. The minimum atomic E-state index is 0.538. The number of hydrogen-bond donors (Lipinski definition) is 1. The van der Waals surface area contributed by atoms with Gasteiger partial charge in [0, 0.05) is 38.5 Å². The van der Waals surface area contributed by atoms with Gasteiger partial charge < -0.3 is 15.0 Å². The van der Waals surface area contributed by atoms with Crippen molar-refractivity contribution in [2.75, 3.05) is 31.7 Å². The molecule has 0 spiro atoms. The van der Waals surface area contributed by atoms with Crippen LogP contribution in [0.25, 0.3) is 0 Å². The lowest BCUT2D eigenvalue weighted by Gasteiger charge is -2.28. The fraction of sp³-hybridized carbons (Fsp3) is 0.647. The molecule has 3 rings (SSSR count). The van der Waals surface area contributed by atoms with Crippen LogP contribution in [0.1, 0.15) is 30.9 Å². The van der Waals surface area contributed by atoms with Gasteiger partial charge in [0.15, 0.2) is 0 Å². The Bertz CT molecular complexity index is 454. The second-order valence-corrected chi connectivity index (χ2v) is 6.28. The number of nitrogens with zero attached hydrogens (tertiary/aromatic N) is 1. The van der Waals surface area contributed by atoms with Crippen LogP contribution in [-0.4, -0.2) is 32.8 Å². The molecule has 2 aliphatic rings. The van der Waals surface area contributed by atoms with Gasteiger partial charge in [-0.25, -0.2) is 0 Å². The highest BCUT2D eigenvalue weighted by Gasteiger charge is 2.21. The molecular formula is C17H26N2O. The van der Waals surface area contributed by atoms with Crippen molar-refractivity contribution in [1.29, 1.82) is 0 Å². The third kappa shape index (κ3) is 2.99. The molecule has 20 heavy (non-hydrogen) atoms. The molecule has 3 heteroatoms. The first-order valence-corrected chi connectivity index (χ1v) is 7.88. The average Bonchev–Trinajstić information content (AvgIpc) is 2.99. The molecule has 0 aromatic heterocycles. The number of fused-ring (bicyclic) bond motifs is 1. The maximum atomic E-state index is 5.47. The van der Waals surface area contributed by atoms with Gasteiger partial charge in [0.1, 0.15) is 0 Å². The summed E-state index contributed by atoms with van der Waals surface area (Å²) in [6, 6.07) is 7.48. The number of rotatable bonds is 4.